The molecule has 5 nitrogen and oxygen atoms in total. The number of nitrogens with two attached hydrogens (primary N) is 1. The summed E-state index contributed by atoms with van der Waals surface area (Å²) >= 11 is 0. The number of aliphatic imine (C=N–C) groups is 1. The van der Waals surface area contributed by atoms with Crippen LogP contribution in [0.15, 0.2) is 17.3 Å². The van der Waals surface area contributed by atoms with E-state index in [0.29, 0.717) is 11.9 Å². The summed E-state index contributed by atoms with van der Waals surface area (Å²) in [6, 6.07) is 1.19. The lowest BCUT2D eigenvalue weighted by molar-refractivity contribution is 0.145. The van der Waals surface area contributed by atoms with Crippen LogP contribution in [0.5, 0.6) is 0 Å². The van der Waals surface area contributed by atoms with E-state index in [9.17, 15) is 8.78 Å². The Morgan fingerprint density at radius 1 is 1.53 bits per heavy atom. The van der Waals surface area contributed by atoms with Gasteiger partial charge in [-0.25, -0.2) is 23.7 Å². The molecule has 1 fully saturated rings. The molecule has 0 atom stereocenters. The minimum Gasteiger partial charge on any atom is -0.370 e. The van der Waals surface area contributed by atoms with Crippen molar-refractivity contribution in [1.29, 1.82) is 0 Å². The minimum atomic E-state index is -2.60. The van der Waals surface area contributed by atoms with E-state index in [1.807, 2.05) is 0 Å². The molecule has 1 aromatic rings. The summed E-state index contributed by atoms with van der Waals surface area (Å²) in [5, 5.41) is 3.02. The van der Waals surface area contributed by atoms with E-state index in [0.717, 1.165) is 6.54 Å². The Morgan fingerprint density at radius 3 is 2.95 bits per heavy atom. The zero-order chi connectivity index (χ0) is 13.7. The number of guanidine groups is 1. The lowest BCUT2D eigenvalue weighted by atomic mass is 9.85. The molecule has 0 radical (unpaired) electrons. The van der Waals surface area contributed by atoms with E-state index in [-0.39, 0.29) is 18.1 Å². The lowest BCUT2D eigenvalue weighted by Crippen LogP contribution is -2.37. The zero-order valence-corrected chi connectivity index (χ0v) is 10.5. The van der Waals surface area contributed by atoms with E-state index < -0.39 is 6.43 Å². The highest BCUT2D eigenvalue weighted by atomic mass is 19.3. The van der Waals surface area contributed by atoms with Crippen molar-refractivity contribution in [2.75, 3.05) is 6.54 Å². The number of hydrogen-bond acceptors (Lipinski definition) is 3. The Morgan fingerprint density at radius 2 is 2.32 bits per heavy atom. The number of nitrogens with zero attached hydrogens (tertiary/aromatic N) is 3. The van der Waals surface area contributed by atoms with Gasteiger partial charge in [0, 0.05) is 12.7 Å². The standard InChI is InChI=1S/C12H17F2N5/c13-11(14)9-4-5-16-10(19-9)7-18-12(15)17-6-8-2-1-3-8/h4-5,8,11H,1-3,6-7H2,(H3,15,17,18). The van der Waals surface area contributed by atoms with Gasteiger partial charge >= 0.3 is 0 Å². The molecule has 0 saturated heterocycles. The fourth-order valence-corrected chi connectivity index (χ4v) is 1.77. The van der Waals surface area contributed by atoms with Crippen molar-refractivity contribution in [3.8, 4) is 0 Å². The molecule has 2 rings (SSSR count). The molecule has 1 heterocycles. The molecule has 1 aliphatic rings. The second-order valence-corrected chi connectivity index (χ2v) is 4.58. The molecule has 0 aliphatic heterocycles. The summed E-state index contributed by atoms with van der Waals surface area (Å²) in [6.07, 6.45) is 2.43. The maximum absolute atomic E-state index is 12.4. The fraction of sp³-hybridized carbons (Fsp3) is 0.583. The lowest BCUT2D eigenvalue weighted by Gasteiger charge is -2.25. The topological polar surface area (TPSA) is 76.2 Å². The molecule has 0 unspecified atom stereocenters. The number of hydrogen-bond donors (Lipinski definition) is 2. The fourth-order valence-electron chi connectivity index (χ4n) is 1.77. The predicted octanol–water partition coefficient (Wildman–Crippen LogP) is 1.62. The van der Waals surface area contributed by atoms with Crippen molar-refractivity contribution in [3.05, 3.63) is 23.8 Å². The van der Waals surface area contributed by atoms with Gasteiger partial charge in [0.25, 0.3) is 6.43 Å². The SMILES string of the molecule is NC(=NCc1nccc(C(F)F)n1)NCC1CCC1. The summed E-state index contributed by atoms with van der Waals surface area (Å²) in [7, 11) is 0. The average Bonchev–Trinajstić information content (AvgIpc) is 2.35. The minimum absolute atomic E-state index is 0.101. The van der Waals surface area contributed by atoms with Crippen LogP contribution in [0.1, 0.15) is 37.2 Å². The molecule has 1 aromatic heterocycles. The smallest absolute Gasteiger partial charge is 0.280 e. The van der Waals surface area contributed by atoms with Crippen LogP contribution in [0, 0.1) is 5.92 Å². The second-order valence-electron chi connectivity index (χ2n) is 4.58. The number of rotatable bonds is 5. The van der Waals surface area contributed by atoms with E-state index in [1.54, 1.807) is 0 Å². The highest BCUT2D eigenvalue weighted by molar-refractivity contribution is 5.77. The van der Waals surface area contributed by atoms with Crippen LogP contribution < -0.4 is 11.1 Å². The van der Waals surface area contributed by atoms with Crippen molar-refractivity contribution < 1.29 is 8.78 Å². The Balaban J connectivity index is 1.83. The van der Waals surface area contributed by atoms with Gasteiger partial charge in [-0.2, -0.15) is 0 Å². The molecule has 1 aliphatic carbocycles. The maximum atomic E-state index is 12.4. The van der Waals surface area contributed by atoms with Crippen molar-refractivity contribution in [2.45, 2.75) is 32.2 Å². The molecule has 0 spiro atoms. The molecular weight excluding hydrogens is 252 g/mol. The van der Waals surface area contributed by atoms with Gasteiger partial charge in [-0.05, 0) is 24.8 Å². The molecule has 3 N–H and O–H groups in total. The average molecular weight is 269 g/mol. The third kappa shape index (κ3) is 4.11. The van der Waals surface area contributed by atoms with Crippen LogP contribution in [-0.2, 0) is 6.54 Å². The van der Waals surface area contributed by atoms with Crippen LogP contribution in [0.25, 0.3) is 0 Å². The molecular formula is C12H17F2N5. The first kappa shape index (κ1) is 13.6. The van der Waals surface area contributed by atoms with Crippen molar-refractivity contribution in [3.63, 3.8) is 0 Å². The van der Waals surface area contributed by atoms with E-state index in [2.05, 4.69) is 20.3 Å². The Kier molecular flexibility index (Phi) is 4.59. The maximum Gasteiger partial charge on any atom is 0.280 e. The summed E-state index contributed by atoms with van der Waals surface area (Å²) in [5.41, 5.74) is 5.39. The van der Waals surface area contributed by atoms with E-state index in [1.165, 1.54) is 31.5 Å². The highest BCUT2D eigenvalue weighted by Gasteiger charge is 2.16. The number of aromatic nitrogens is 2. The van der Waals surface area contributed by atoms with Crippen LogP contribution in [0.4, 0.5) is 8.78 Å². The first-order valence-electron chi connectivity index (χ1n) is 6.29. The summed E-state index contributed by atoms with van der Waals surface area (Å²) in [4.78, 5) is 11.6. The first-order valence-corrected chi connectivity index (χ1v) is 6.29. The molecule has 104 valence electrons. The third-order valence-corrected chi connectivity index (χ3v) is 3.14. The van der Waals surface area contributed by atoms with E-state index in [4.69, 9.17) is 5.73 Å². The van der Waals surface area contributed by atoms with Crippen LogP contribution in [0.3, 0.4) is 0 Å². The molecule has 0 amide bonds. The molecule has 0 aromatic carbocycles. The van der Waals surface area contributed by atoms with Crippen molar-refractivity contribution in [1.82, 2.24) is 15.3 Å². The molecule has 1 saturated carbocycles. The Hall–Kier alpha value is -1.79. The van der Waals surface area contributed by atoms with Gasteiger partial charge in [0.1, 0.15) is 18.1 Å². The summed E-state index contributed by atoms with van der Waals surface area (Å²) in [5.74, 6) is 1.22. The van der Waals surface area contributed by atoms with Gasteiger partial charge < -0.3 is 11.1 Å². The summed E-state index contributed by atoms with van der Waals surface area (Å²) in [6.45, 7) is 0.914. The monoisotopic (exact) mass is 269 g/mol. The first-order chi connectivity index (χ1) is 9.15. The van der Waals surface area contributed by atoms with Gasteiger partial charge in [0.05, 0.1) is 0 Å². The van der Waals surface area contributed by atoms with E-state index >= 15 is 0 Å². The third-order valence-electron chi connectivity index (χ3n) is 3.14. The Bertz CT molecular complexity index is 446. The van der Waals surface area contributed by atoms with Crippen molar-refractivity contribution >= 4 is 5.96 Å². The normalized spacial score (nSPS) is 16.5. The zero-order valence-electron chi connectivity index (χ0n) is 10.5. The quantitative estimate of drug-likeness (QED) is 0.629. The van der Waals surface area contributed by atoms with Crippen LogP contribution in [0.2, 0.25) is 0 Å². The molecule has 7 heteroatoms. The number of alkyl halides is 2. The Labute approximate surface area is 110 Å². The number of halogens is 2. The van der Waals surface area contributed by atoms with Crippen LogP contribution >= 0.6 is 0 Å². The van der Waals surface area contributed by atoms with Gasteiger partial charge in [0.15, 0.2) is 5.96 Å². The second kappa shape index (κ2) is 6.40. The molecule has 19 heavy (non-hydrogen) atoms. The summed E-state index contributed by atoms with van der Waals surface area (Å²) < 4.78 is 24.9. The molecule has 0 bridgehead atoms. The van der Waals surface area contributed by atoms with Crippen molar-refractivity contribution in [2.24, 2.45) is 16.6 Å². The van der Waals surface area contributed by atoms with Gasteiger partial charge in [0.2, 0.25) is 0 Å². The van der Waals surface area contributed by atoms with Gasteiger partial charge in [-0.1, -0.05) is 6.42 Å². The van der Waals surface area contributed by atoms with Gasteiger partial charge in [-0.15, -0.1) is 0 Å². The van der Waals surface area contributed by atoms with Crippen LogP contribution in [-0.4, -0.2) is 22.5 Å². The van der Waals surface area contributed by atoms with Gasteiger partial charge in [-0.3, -0.25) is 0 Å². The number of nitrogens with one attached hydrogen (secondary N) is 1. The highest BCUT2D eigenvalue weighted by Crippen LogP contribution is 2.24. The largest absolute Gasteiger partial charge is 0.370 e. The predicted molar refractivity (Wildman–Crippen MR) is 67.7 cm³/mol.